The number of pyridine rings is 1. The van der Waals surface area contributed by atoms with Crippen LogP contribution in [-0.4, -0.2) is 66.8 Å². The predicted octanol–water partition coefficient (Wildman–Crippen LogP) is 5.08. The Balaban J connectivity index is 1.18. The first-order chi connectivity index (χ1) is 23.0. The molecular weight excluding hydrogens is 610 g/mol. The summed E-state index contributed by atoms with van der Waals surface area (Å²) in [6, 6.07) is 13.6. The van der Waals surface area contributed by atoms with Crippen molar-refractivity contribution in [2.75, 3.05) is 23.4 Å². The lowest BCUT2D eigenvalue weighted by Crippen LogP contribution is -2.44. The minimum absolute atomic E-state index is 0.0740. The van der Waals surface area contributed by atoms with Crippen molar-refractivity contribution >= 4 is 29.4 Å². The van der Waals surface area contributed by atoms with E-state index in [9.17, 15) is 9.59 Å². The van der Waals surface area contributed by atoms with Gasteiger partial charge in [0.25, 0.3) is 5.91 Å². The van der Waals surface area contributed by atoms with Crippen molar-refractivity contribution in [3.05, 3.63) is 71.3 Å². The third-order valence-electron chi connectivity index (χ3n) is 9.14. The maximum Gasteiger partial charge on any atom is 0.320 e. The number of nitrogens with one attached hydrogen (secondary N) is 3. The zero-order chi connectivity index (χ0) is 34.0. The number of amides is 3. The molecule has 3 amide bonds. The SMILES string of the molecule is C[C@@H]1CCC[C@H](C)N1c1nnc2ccc(O[C@@H]3CC[C@H](NC(=O)Nc4cc(C(C)(C)C)nc(C(=O)NCCO)n4)c4ccccc43)cn12. The van der Waals surface area contributed by atoms with Gasteiger partial charge < -0.3 is 25.4 Å². The van der Waals surface area contributed by atoms with E-state index in [1.165, 1.54) is 6.42 Å². The molecule has 6 rings (SSSR count). The van der Waals surface area contributed by atoms with Gasteiger partial charge in [-0.15, -0.1) is 10.2 Å². The molecule has 0 spiro atoms. The van der Waals surface area contributed by atoms with E-state index >= 15 is 0 Å². The Morgan fingerprint density at radius 1 is 0.979 bits per heavy atom. The molecule has 1 aliphatic heterocycles. The number of carbonyl (C=O) groups is 2. The van der Waals surface area contributed by atoms with Crippen LogP contribution in [0.15, 0.2) is 48.7 Å². The molecular formula is C35H45N9O4. The summed E-state index contributed by atoms with van der Waals surface area (Å²) in [7, 11) is 0. The number of aliphatic hydroxyl groups is 1. The van der Waals surface area contributed by atoms with Crippen LogP contribution in [0.3, 0.4) is 0 Å². The van der Waals surface area contributed by atoms with Crippen molar-refractivity contribution in [2.24, 2.45) is 0 Å². The van der Waals surface area contributed by atoms with Crippen LogP contribution in [-0.2, 0) is 5.41 Å². The van der Waals surface area contributed by atoms with E-state index in [2.05, 4.69) is 54.9 Å². The lowest BCUT2D eigenvalue weighted by molar-refractivity contribution is 0.0934. The standard InChI is InChI=1S/C35H45N9O4/c1-21-9-8-10-22(2)44(21)34-42-41-30-16-13-23(20-43(30)34)48-27-15-14-26(24-11-6-7-12-25(24)27)37-33(47)40-29-19-28(35(3,4)5)38-31(39-29)32(46)36-17-18-45/h6-7,11-13,16,19-22,26-27,45H,8-10,14-15,17-18H2,1-5H3,(H,36,46)(H2,37,38,39,40,47)/t21-,22+,26-,27+/m0/s1. The summed E-state index contributed by atoms with van der Waals surface area (Å²) >= 11 is 0. The van der Waals surface area contributed by atoms with Gasteiger partial charge in [-0.2, -0.15) is 0 Å². The predicted molar refractivity (Wildman–Crippen MR) is 182 cm³/mol. The maximum absolute atomic E-state index is 13.3. The molecule has 0 unspecified atom stereocenters. The minimum Gasteiger partial charge on any atom is -0.484 e. The Kier molecular flexibility index (Phi) is 9.49. The summed E-state index contributed by atoms with van der Waals surface area (Å²) in [5.74, 6) is 1.17. The zero-order valence-electron chi connectivity index (χ0n) is 28.2. The average Bonchev–Trinajstić information content (AvgIpc) is 3.47. The Hall–Kier alpha value is -4.78. The third kappa shape index (κ3) is 7.05. The first kappa shape index (κ1) is 33.1. The normalized spacial score (nSPS) is 21.0. The third-order valence-corrected chi connectivity index (χ3v) is 9.14. The van der Waals surface area contributed by atoms with Crippen LogP contribution < -0.4 is 25.6 Å². The number of aliphatic hydroxyl groups excluding tert-OH is 1. The van der Waals surface area contributed by atoms with Gasteiger partial charge in [-0.3, -0.25) is 14.5 Å². The summed E-state index contributed by atoms with van der Waals surface area (Å²) in [6.07, 6.45) is 6.59. The maximum atomic E-state index is 13.3. The van der Waals surface area contributed by atoms with E-state index in [1.54, 1.807) is 6.07 Å². The van der Waals surface area contributed by atoms with Crippen LogP contribution in [0.1, 0.15) is 106 Å². The largest absolute Gasteiger partial charge is 0.484 e. The second kappa shape index (κ2) is 13.8. The van der Waals surface area contributed by atoms with E-state index in [4.69, 9.17) is 9.84 Å². The fourth-order valence-electron chi connectivity index (χ4n) is 6.66. The molecule has 2 aliphatic rings. The molecule has 1 aliphatic carbocycles. The molecule has 13 nitrogen and oxygen atoms in total. The van der Waals surface area contributed by atoms with E-state index in [0.29, 0.717) is 30.6 Å². The molecule has 4 atom stereocenters. The summed E-state index contributed by atoms with van der Waals surface area (Å²) in [4.78, 5) is 37.0. The van der Waals surface area contributed by atoms with E-state index in [0.717, 1.165) is 41.3 Å². The molecule has 4 N–H and O–H groups in total. The minimum atomic E-state index is -0.527. The highest BCUT2D eigenvalue weighted by molar-refractivity contribution is 5.92. The van der Waals surface area contributed by atoms with Crippen molar-refractivity contribution in [1.29, 1.82) is 0 Å². The Morgan fingerprint density at radius 3 is 2.46 bits per heavy atom. The van der Waals surface area contributed by atoms with Crippen molar-refractivity contribution < 1.29 is 19.4 Å². The molecule has 13 heteroatoms. The number of hydrogen-bond donors (Lipinski definition) is 4. The first-order valence-electron chi connectivity index (χ1n) is 16.8. The van der Waals surface area contributed by atoms with Gasteiger partial charge in [-0.1, -0.05) is 45.0 Å². The molecule has 48 heavy (non-hydrogen) atoms. The zero-order valence-corrected chi connectivity index (χ0v) is 28.2. The number of benzene rings is 1. The fourth-order valence-corrected chi connectivity index (χ4v) is 6.66. The number of hydrogen-bond acceptors (Lipinski definition) is 9. The van der Waals surface area contributed by atoms with E-state index in [-0.39, 0.29) is 36.9 Å². The number of fused-ring (bicyclic) bond motifs is 2. The first-order valence-corrected chi connectivity index (χ1v) is 16.8. The molecule has 1 fully saturated rings. The van der Waals surface area contributed by atoms with E-state index < -0.39 is 17.4 Å². The smallest absolute Gasteiger partial charge is 0.320 e. The molecule has 254 valence electrons. The average molecular weight is 656 g/mol. The van der Waals surface area contributed by atoms with Crippen molar-refractivity contribution in [1.82, 2.24) is 35.2 Å². The molecule has 4 aromatic rings. The molecule has 0 bridgehead atoms. The van der Waals surface area contributed by atoms with Crippen LogP contribution >= 0.6 is 0 Å². The quantitative estimate of drug-likeness (QED) is 0.203. The number of ether oxygens (including phenoxy) is 1. The number of nitrogens with zero attached hydrogens (tertiary/aromatic N) is 6. The van der Waals surface area contributed by atoms with Gasteiger partial charge in [0, 0.05) is 30.1 Å². The van der Waals surface area contributed by atoms with Gasteiger partial charge in [0.1, 0.15) is 17.7 Å². The number of piperidine rings is 1. The highest BCUT2D eigenvalue weighted by Gasteiger charge is 2.31. The molecule has 0 saturated carbocycles. The van der Waals surface area contributed by atoms with Crippen molar-refractivity contribution in [3.63, 3.8) is 0 Å². The number of rotatable bonds is 8. The Morgan fingerprint density at radius 2 is 1.73 bits per heavy atom. The monoisotopic (exact) mass is 655 g/mol. The number of anilines is 2. The van der Waals surface area contributed by atoms with Crippen LogP contribution in [0.2, 0.25) is 0 Å². The number of urea groups is 1. The van der Waals surface area contributed by atoms with Gasteiger partial charge >= 0.3 is 6.03 Å². The lowest BCUT2D eigenvalue weighted by atomic mass is 9.85. The highest BCUT2D eigenvalue weighted by Crippen LogP contribution is 2.39. The van der Waals surface area contributed by atoms with Gasteiger partial charge in [-0.05, 0) is 69.2 Å². The molecule has 1 saturated heterocycles. The van der Waals surface area contributed by atoms with Crippen LogP contribution in [0.5, 0.6) is 5.75 Å². The highest BCUT2D eigenvalue weighted by atomic mass is 16.5. The second-order valence-electron chi connectivity index (χ2n) is 13.8. The van der Waals surface area contributed by atoms with Crippen molar-refractivity contribution in [3.8, 4) is 5.75 Å². The van der Waals surface area contributed by atoms with Gasteiger partial charge in [-0.25, -0.2) is 14.8 Å². The lowest BCUT2D eigenvalue weighted by Gasteiger charge is -2.39. The summed E-state index contributed by atoms with van der Waals surface area (Å²) in [5, 5.41) is 26.6. The van der Waals surface area contributed by atoms with Gasteiger partial charge in [0.05, 0.1) is 24.5 Å². The Bertz CT molecular complexity index is 1780. The molecule has 4 heterocycles. The van der Waals surface area contributed by atoms with Crippen molar-refractivity contribution in [2.45, 2.75) is 96.4 Å². The van der Waals surface area contributed by atoms with Gasteiger partial charge in [0.2, 0.25) is 11.8 Å². The topological polar surface area (TPSA) is 159 Å². The van der Waals surface area contributed by atoms with Crippen LogP contribution in [0, 0.1) is 0 Å². The van der Waals surface area contributed by atoms with Crippen LogP contribution in [0.25, 0.3) is 5.65 Å². The molecule has 3 aromatic heterocycles. The summed E-state index contributed by atoms with van der Waals surface area (Å²) in [6.45, 7) is 10.2. The van der Waals surface area contributed by atoms with Crippen LogP contribution in [0.4, 0.5) is 16.6 Å². The Labute approximate surface area is 280 Å². The fraction of sp³-hybridized carbons (Fsp3) is 0.486. The second-order valence-corrected chi connectivity index (χ2v) is 13.8. The summed E-state index contributed by atoms with van der Waals surface area (Å²) in [5.41, 5.74) is 2.97. The number of carbonyl (C=O) groups excluding carboxylic acids is 2. The van der Waals surface area contributed by atoms with E-state index in [1.807, 2.05) is 67.8 Å². The molecule has 1 aromatic carbocycles. The molecule has 0 radical (unpaired) electrons. The summed E-state index contributed by atoms with van der Waals surface area (Å²) < 4.78 is 8.64. The van der Waals surface area contributed by atoms with Gasteiger partial charge in [0.15, 0.2) is 5.65 Å². The number of aromatic nitrogens is 5.